The number of hydrogen-bond donors (Lipinski definition) is 0. The van der Waals surface area contributed by atoms with E-state index in [2.05, 4.69) is 13.8 Å². The molecule has 0 spiro atoms. The van der Waals surface area contributed by atoms with Crippen LogP contribution in [0.5, 0.6) is 0 Å². The highest BCUT2D eigenvalue weighted by Crippen LogP contribution is 2.71. The molecule has 24 heteroatoms. The third kappa shape index (κ3) is 40.8. The number of esters is 12. The lowest BCUT2D eigenvalue weighted by Gasteiger charge is -2.45. The standard InChI is InChI=1S/C23H36O4.C18H30O4.C16H28O4.2C15H26O4.C14H24O4.6C2H6/c1-6-22(4,5)21(25)26-13(3)20(24)27-23(7-2)12-16-11-17(23)19-15-9-8-14(10-15)18(16)19;1-6-17(4,5)16(20)21-12(3)15(19)22-18(7-2)11-13-8-9-14(18)10-13;1-5-15(3,4)14(18)19-12-13(17)20-16(6-2)10-8-7-9-11-16;1-5-14(2,3)13(17)18-11-12(16)19-15(4)9-7-6-8-10-15;1-5-14(3,4)13(17)18-11-12(16)19-15(6-2)9-7-8-10-15;1-5-13(2,3)12(16)17-10-11(15)18-14(4)8-6-7-9-14;6*1-2/h13-19H,6-12H2,1-5H3;12-14H,6-11H2,1-5H3;5-12H2,1-4H3;2*5-11H2,1-4H3;5-10H2,1-4H3;6*1-2H3. The topological polar surface area (TPSA) is 316 Å². The molecule has 0 aliphatic heterocycles. The van der Waals surface area contributed by atoms with Crippen LogP contribution in [0.3, 0.4) is 0 Å². The molecule has 10 fully saturated rings. The Bertz CT molecular complexity index is 3540. The van der Waals surface area contributed by atoms with E-state index >= 15 is 0 Å². The average Bonchev–Trinajstić information content (AvgIpc) is 1.53. The van der Waals surface area contributed by atoms with Crippen molar-refractivity contribution < 1.29 is 114 Å². The Hall–Kier alpha value is -6.36. The van der Waals surface area contributed by atoms with Gasteiger partial charge in [-0.1, -0.05) is 165 Å². The Morgan fingerprint density at radius 1 is 0.292 bits per heavy atom. The molecule has 0 aromatic rings. The van der Waals surface area contributed by atoms with Crippen LogP contribution in [0.25, 0.3) is 0 Å². The van der Waals surface area contributed by atoms with Crippen LogP contribution in [-0.2, 0) is 114 Å². The molecule has 0 amide bonds. The summed E-state index contributed by atoms with van der Waals surface area (Å²) in [6, 6.07) is 0. The summed E-state index contributed by atoms with van der Waals surface area (Å²) in [6.45, 7) is 71.8. The van der Waals surface area contributed by atoms with Gasteiger partial charge in [0.2, 0.25) is 0 Å². The summed E-state index contributed by atoms with van der Waals surface area (Å²) < 4.78 is 65.0. The second kappa shape index (κ2) is 62.9. The van der Waals surface area contributed by atoms with Gasteiger partial charge < -0.3 is 56.8 Å². The minimum absolute atomic E-state index is 0.274. The van der Waals surface area contributed by atoms with Crippen molar-refractivity contribution in [1.29, 1.82) is 0 Å². The Kier molecular flexibility index (Phi) is 60.9. The number of fused-ring (bicyclic) bond motifs is 11. The van der Waals surface area contributed by atoms with Crippen LogP contribution in [0, 0.1) is 79.8 Å². The lowest BCUT2D eigenvalue weighted by Crippen LogP contribution is -2.49. The predicted octanol–water partition coefficient (Wildman–Crippen LogP) is 27.7. The van der Waals surface area contributed by atoms with Gasteiger partial charge in [0.15, 0.2) is 38.6 Å². The number of hydrogen-bond acceptors (Lipinski definition) is 24. The molecular formula is C113H206O24. The van der Waals surface area contributed by atoms with Crippen molar-refractivity contribution in [3.8, 4) is 0 Å². The van der Waals surface area contributed by atoms with Crippen LogP contribution in [0.2, 0.25) is 0 Å². The van der Waals surface area contributed by atoms with Crippen molar-refractivity contribution in [1.82, 2.24) is 0 Å². The smallest absolute Gasteiger partial charge is 0.347 e. The molecule has 24 nitrogen and oxygen atoms in total. The van der Waals surface area contributed by atoms with Gasteiger partial charge in [0, 0.05) is 5.92 Å². The average molecular weight is 1950 g/mol. The van der Waals surface area contributed by atoms with Gasteiger partial charge in [-0.2, -0.15) is 0 Å². The predicted molar refractivity (Wildman–Crippen MR) is 545 cm³/mol. The molecule has 0 aromatic heterocycles. The zero-order valence-corrected chi connectivity index (χ0v) is 94.6. The van der Waals surface area contributed by atoms with Crippen molar-refractivity contribution in [2.75, 3.05) is 26.4 Å². The summed E-state index contributed by atoms with van der Waals surface area (Å²) in [4.78, 5) is 144. The molecule has 6 bridgehead atoms. The first-order chi connectivity index (χ1) is 64.2. The van der Waals surface area contributed by atoms with Crippen LogP contribution in [0.1, 0.15) is 501 Å². The van der Waals surface area contributed by atoms with Crippen molar-refractivity contribution in [3.05, 3.63) is 0 Å². The summed E-state index contributed by atoms with van der Waals surface area (Å²) in [7, 11) is 0. The molecule has 0 saturated heterocycles. The summed E-state index contributed by atoms with van der Waals surface area (Å²) >= 11 is 0. The largest absolute Gasteiger partial charge is 0.457 e. The first-order valence-electron chi connectivity index (χ1n) is 54.7. The SMILES string of the molecule is CC.CC.CC.CC.CC.CC.CCC(C)(C)C(=O)OC(C)C(=O)OC1(CC)CC2CC1C1C3CCC(C3)C21.CCC(C)(C)C(=O)OC(C)C(=O)OC1(CC)CC2CCC1C2.CCC(C)(C)C(=O)OCC(=O)OC1(C)CCCC1.CCC(C)(C)C(=O)OCC(=O)OC1(C)CCCCC1.CCC1(OC(=O)COC(=O)C(C)(C)CC)CCCC1.CCC1(OC(=O)COC(=O)C(C)(C)CC)CCCCC1. The van der Waals surface area contributed by atoms with Gasteiger partial charge in [0.1, 0.15) is 33.6 Å². The lowest BCUT2D eigenvalue weighted by atomic mass is 9.65. The minimum Gasteiger partial charge on any atom is -0.457 e. The van der Waals surface area contributed by atoms with Crippen molar-refractivity contribution in [3.63, 3.8) is 0 Å². The molecule has 12 unspecified atom stereocenters. The van der Waals surface area contributed by atoms with E-state index in [-0.39, 0.29) is 102 Å². The minimum atomic E-state index is -0.833. The fourth-order valence-electron chi connectivity index (χ4n) is 19.8. The monoisotopic (exact) mass is 1950 g/mol. The first-order valence-corrected chi connectivity index (χ1v) is 54.7. The summed E-state index contributed by atoms with van der Waals surface area (Å²) in [5, 5.41) is 0. The fraction of sp³-hybridized carbons (Fsp3) is 0.894. The maximum atomic E-state index is 12.8. The van der Waals surface area contributed by atoms with Crippen molar-refractivity contribution in [2.24, 2.45) is 79.8 Å². The van der Waals surface area contributed by atoms with Gasteiger partial charge in [-0.3, -0.25) is 28.8 Å². The molecule has 0 heterocycles. The van der Waals surface area contributed by atoms with Crippen LogP contribution in [-0.4, -0.2) is 144 Å². The van der Waals surface area contributed by atoms with E-state index in [1.807, 2.05) is 222 Å². The second-order valence-electron chi connectivity index (χ2n) is 42.8. The molecule has 0 aromatic carbocycles. The van der Waals surface area contributed by atoms with Crippen LogP contribution >= 0.6 is 0 Å². The summed E-state index contributed by atoms with van der Waals surface area (Å²) in [5.41, 5.74) is -5.34. The normalized spacial score (nSPS) is 24.0. The Morgan fingerprint density at radius 2 is 0.569 bits per heavy atom. The van der Waals surface area contributed by atoms with Gasteiger partial charge >= 0.3 is 71.6 Å². The van der Waals surface area contributed by atoms with Gasteiger partial charge in [-0.25, -0.2) is 28.8 Å². The van der Waals surface area contributed by atoms with Gasteiger partial charge in [0.25, 0.3) is 0 Å². The molecule has 10 saturated carbocycles. The van der Waals surface area contributed by atoms with Crippen molar-refractivity contribution >= 4 is 71.6 Å². The number of rotatable bonds is 34. The van der Waals surface area contributed by atoms with Crippen LogP contribution < -0.4 is 0 Å². The Morgan fingerprint density at radius 3 is 0.854 bits per heavy atom. The maximum absolute atomic E-state index is 12.8. The van der Waals surface area contributed by atoms with E-state index in [9.17, 15) is 57.5 Å². The number of carbonyl (C=O) groups is 12. The molecule has 10 aliphatic carbocycles. The van der Waals surface area contributed by atoms with E-state index in [4.69, 9.17) is 56.8 Å². The molecule has 0 radical (unpaired) electrons. The summed E-state index contributed by atoms with van der Waals surface area (Å²) in [5.74, 6) is 1.40. The van der Waals surface area contributed by atoms with Crippen LogP contribution in [0.4, 0.5) is 0 Å². The zero-order valence-electron chi connectivity index (χ0n) is 94.6. The van der Waals surface area contributed by atoms with Crippen molar-refractivity contribution in [2.45, 2.75) is 546 Å². The number of ether oxygens (including phenoxy) is 12. The molecule has 137 heavy (non-hydrogen) atoms. The highest BCUT2D eigenvalue weighted by Gasteiger charge is 2.68. The molecule has 0 N–H and O–H groups in total. The molecule has 802 valence electrons. The highest BCUT2D eigenvalue weighted by molar-refractivity contribution is 5.84. The Balaban J connectivity index is 0. The van der Waals surface area contributed by atoms with E-state index in [0.717, 1.165) is 177 Å². The highest BCUT2D eigenvalue weighted by atomic mass is 16.6. The van der Waals surface area contributed by atoms with Gasteiger partial charge in [0.05, 0.1) is 32.5 Å². The second-order valence-corrected chi connectivity index (χ2v) is 42.8. The first kappa shape index (κ1) is 133. The molecule has 10 aliphatic rings. The summed E-state index contributed by atoms with van der Waals surface area (Å²) in [6.07, 6.45) is 35.3. The molecule has 10 rings (SSSR count). The third-order valence-corrected chi connectivity index (χ3v) is 31.3. The number of carbonyl (C=O) groups excluding carboxylic acids is 12. The van der Waals surface area contributed by atoms with Gasteiger partial charge in [-0.05, 0) is 377 Å². The van der Waals surface area contributed by atoms with E-state index in [1.54, 1.807) is 27.7 Å². The molecular weight excluding hydrogens is 1740 g/mol. The lowest BCUT2D eigenvalue weighted by molar-refractivity contribution is -0.190. The quantitative estimate of drug-likeness (QED) is 0.0328. The third-order valence-electron chi connectivity index (χ3n) is 31.3. The maximum Gasteiger partial charge on any atom is 0.347 e. The molecule has 12 atom stereocenters. The Labute approximate surface area is 834 Å². The zero-order chi connectivity index (χ0) is 106. The van der Waals surface area contributed by atoms with E-state index in [0.29, 0.717) is 56.3 Å². The van der Waals surface area contributed by atoms with E-state index < -0.39 is 74.5 Å². The van der Waals surface area contributed by atoms with Crippen LogP contribution in [0.15, 0.2) is 0 Å². The fourth-order valence-corrected chi connectivity index (χ4v) is 19.8. The van der Waals surface area contributed by atoms with Gasteiger partial charge in [-0.15, -0.1) is 0 Å². The van der Waals surface area contributed by atoms with E-state index in [1.165, 1.54) is 51.4 Å².